The number of thiazole rings is 3. The quantitative estimate of drug-likeness (QED) is 0.351. The lowest BCUT2D eigenvalue weighted by Crippen LogP contribution is -3.00. The van der Waals surface area contributed by atoms with Crippen molar-refractivity contribution in [3.8, 4) is 0 Å². The molecule has 1 aliphatic rings. The van der Waals surface area contributed by atoms with Crippen LogP contribution < -0.4 is 36.6 Å². The van der Waals surface area contributed by atoms with Crippen LogP contribution in [0.25, 0.3) is 11.1 Å². The van der Waals surface area contributed by atoms with Gasteiger partial charge in [0.15, 0.2) is 12.7 Å². The molecule has 33 heavy (non-hydrogen) atoms. The van der Waals surface area contributed by atoms with Gasteiger partial charge in [0.2, 0.25) is 0 Å². The van der Waals surface area contributed by atoms with Crippen molar-refractivity contribution >= 4 is 74.2 Å². The Bertz CT molecular complexity index is 1500. The molecule has 1 aromatic carbocycles. The lowest BCUT2D eigenvalue weighted by Gasteiger charge is -2.12. The summed E-state index contributed by atoms with van der Waals surface area (Å²) in [5.74, 6) is 0. The van der Waals surface area contributed by atoms with E-state index in [2.05, 4.69) is 37.5 Å². The standard InChI is InChI=1S/C22H20ClN4OS4.ClH/c1-4-27-19(10-18-26(7-8-29-18)11-15-12-30-13(2)24-15)32-20(21(27)28)22-25(3)16-6-5-14(23)9-17(16)31-22;/h5-10,12H,4,11H2,1-3H3;1H/q+1;/p-1/b22-20+;. The van der Waals surface area contributed by atoms with Gasteiger partial charge in [0.1, 0.15) is 19.9 Å². The molecule has 0 fully saturated rings. The first-order valence-electron chi connectivity index (χ1n) is 9.99. The molecule has 172 valence electrons. The zero-order valence-electron chi connectivity index (χ0n) is 18.0. The van der Waals surface area contributed by atoms with E-state index in [1.54, 1.807) is 45.8 Å². The molecule has 5 rings (SSSR count). The van der Waals surface area contributed by atoms with Crippen molar-refractivity contribution in [2.45, 2.75) is 31.8 Å². The van der Waals surface area contributed by atoms with E-state index in [1.807, 2.05) is 43.7 Å². The van der Waals surface area contributed by atoms with Gasteiger partial charge in [-0.2, -0.15) is 4.57 Å². The Kier molecular flexibility index (Phi) is 7.38. The zero-order valence-corrected chi connectivity index (χ0v) is 22.8. The molecule has 0 bridgehead atoms. The minimum Gasteiger partial charge on any atom is -1.00 e. The van der Waals surface area contributed by atoms with Crippen LogP contribution in [-0.2, 0) is 13.1 Å². The summed E-state index contributed by atoms with van der Waals surface area (Å²) in [6.45, 7) is 5.38. The molecule has 4 aromatic rings. The summed E-state index contributed by atoms with van der Waals surface area (Å²) in [5.41, 5.74) is 2.18. The van der Waals surface area contributed by atoms with E-state index >= 15 is 0 Å². The third kappa shape index (κ3) is 4.67. The van der Waals surface area contributed by atoms with E-state index < -0.39 is 0 Å². The van der Waals surface area contributed by atoms with E-state index in [1.165, 1.54) is 0 Å². The minimum absolute atomic E-state index is 0. The van der Waals surface area contributed by atoms with E-state index in [4.69, 9.17) is 11.6 Å². The van der Waals surface area contributed by atoms with Gasteiger partial charge in [-0.25, -0.2) is 4.98 Å². The number of hydrogen-bond acceptors (Lipinski definition) is 7. The van der Waals surface area contributed by atoms with E-state index in [9.17, 15) is 4.79 Å². The fraction of sp³-hybridized carbons (Fsp3) is 0.227. The van der Waals surface area contributed by atoms with Gasteiger partial charge < -0.3 is 17.3 Å². The highest BCUT2D eigenvalue weighted by atomic mass is 35.5. The Hall–Kier alpha value is -1.62. The molecule has 0 saturated carbocycles. The summed E-state index contributed by atoms with van der Waals surface area (Å²) in [7, 11) is 2.00. The molecule has 0 N–H and O–H groups in total. The summed E-state index contributed by atoms with van der Waals surface area (Å²) < 4.78 is 5.75. The van der Waals surface area contributed by atoms with Crippen molar-refractivity contribution in [2.75, 3.05) is 11.9 Å². The first-order valence-corrected chi connectivity index (χ1v) is 13.8. The molecule has 0 atom stereocenters. The molecular weight excluding hydrogens is 535 g/mol. The molecule has 0 aliphatic carbocycles. The number of fused-ring (bicyclic) bond motifs is 1. The highest BCUT2D eigenvalue weighted by Gasteiger charge is 2.25. The van der Waals surface area contributed by atoms with Crippen molar-refractivity contribution in [3.05, 3.63) is 75.4 Å². The summed E-state index contributed by atoms with van der Waals surface area (Å²) in [6, 6.07) is 5.85. The van der Waals surface area contributed by atoms with Crippen LogP contribution in [0.2, 0.25) is 5.02 Å². The van der Waals surface area contributed by atoms with Gasteiger partial charge in [-0.3, -0.25) is 9.36 Å². The third-order valence-electron chi connectivity index (χ3n) is 5.18. The van der Waals surface area contributed by atoms with E-state index in [0.717, 1.165) is 47.1 Å². The van der Waals surface area contributed by atoms with Gasteiger partial charge in [-0.15, -0.1) is 22.7 Å². The molecular formula is C22H20Cl2N4OS4. The lowest BCUT2D eigenvalue weighted by molar-refractivity contribution is -0.685. The fourth-order valence-electron chi connectivity index (χ4n) is 3.62. The summed E-state index contributed by atoms with van der Waals surface area (Å²) in [4.78, 5) is 21.1. The maximum absolute atomic E-state index is 13.3. The van der Waals surface area contributed by atoms with Crippen molar-refractivity contribution in [3.63, 3.8) is 0 Å². The number of aryl methyl sites for hydroxylation is 1. The fourth-order valence-corrected chi connectivity index (χ4v) is 7.81. The van der Waals surface area contributed by atoms with Gasteiger partial charge in [0.05, 0.1) is 22.2 Å². The maximum Gasteiger partial charge on any atom is 0.271 e. The Morgan fingerprint density at radius 1 is 1.27 bits per heavy atom. The minimum atomic E-state index is 0. The SMILES string of the molecule is CCn1c(=O)/c(=C2\Sc3cc(Cl)ccc3N2C)s/c1=C\c1scc[n+]1Cc1csc(C)n1.[Cl-]. The van der Waals surface area contributed by atoms with Gasteiger partial charge in [0.25, 0.3) is 10.6 Å². The first-order chi connectivity index (χ1) is 15.4. The van der Waals surface area contributed by atoms with Crippen LogP contribution in [-0.4, -0.2) is 16.6 Å². The Morgan fingerprint density at radius 2 is 2.09 bits per heavy atom. The van der Waals surface area contributed by atoms with Crippen molar-refractivity contribution in [1.29, 1.82) is 0 Å². The predicted octanol–water partition coefficient (Wildman–Crippen LogP) is 0.886. The number of nitrogens with zero attached hydrogens (tertiary/aromatic N) is 4. The van der Waals surface area contributed by atoms with E-state index in [-0.39, 0.29) is 18.0 Å². The molecule has 1 aliphatic heterocycles. The highest BCUT2D eigenvalue weighted by molar-refractivity contribution is 8.08. The largest absolute Gasteiger partial charge is 1.00 e. The third-order valence-corrected chi connectivity index (χ3v) is 9.55. The molecule has 0 spiro atoms. The molecule has 5 nitrogen and oxygen atoms in total. The second-order valence-electron chi connectivity index (χ2n) is 7.27. The monoisotopic (exact) mass is 554 g/mol. The van der Waals surface area contributed by atoms with Gasteiger partial charge in [-0.05, 0) is 32.0 Å². The lowest BCUT2D eigenvalue weighted by atomic mass is 10.3. The number of anilines is 1. The molecule has 0 amide bonds. The van der Waals surface area contributed by atoms with Crippen LogP contribution in [0.1, 0.15) is 22.6 Å². The Labute approximate surface area is 218 Å². The summed E-state index contributed by atoms with van der Waals surface area (Å²) in [5, 5.41) is 8.00. The normalized spacial score (nSPS) is 15.2. The van der Waals surface area contributed by atoms with Crippen LogP contribution in [0, 0.1) is 6.92 Å². The number of thioether (sulfide) groups is 1. The Morgan fingerprint density at radius 3 is 2.82 bits per heavy atom. The molecule has 0 radical (unpaired) electrons. The highest BCUT2D eigenvalue weighted by Crippen LogP contribution is 2.46. The topological polar surface area (TPSA) is 42.0 Å². The van der Waals surface area contributed by atoms with Crippen LogP contribution in [0.5, 0.6) is 0 Å². The predicted molar refractivity (Wildman–Crippen MR) is 137 cm³/mol. The van der Waals surface area contributed by atoms with Crippen molar-refractivity contribution in [2.24, 2.45) is 0 Å². The van der Waals surface area contributed by atoms with Crippen molar-refractivity contribution < 1.29 is 17.0 Å². The molecule has 0 saturated heterocycles. The second kappa shape index (κ2) is 9.93. The van der Waals surface area contributed by atoms with Gasteiger partial charge in [-0.1, -0.05) is 34.7 Å². The van der Waals surface area contributed by atoms with Crippen LogP contribution in [0.3, 0.4) is 0 Å². The molecule has 4 heterocycles. The summed E-state index contributed by atoms with van der Waals surface area (Å²) in [6.07, 6.45) is 4.19. The molecule has 0 unspecified atom stereocenters. The number of halogens is 2. The molecule has 3 aromatic heterocycles. The number of rotatable bonds is 4. The number of benzene rings is 1. The smallest absolute Gasteiger partial charge is 0.271 e. The van der Waals surface area contributed by atoms with Crippen LogP contribution in [0.15, 0.2) is 44.8 Å². The number of aromatic nitrogens is 3. The molecule has 11 heteroatoms. The van der Waals surface area contributed by atoms with Gasteiger partial charge in [0, 0.05) is 28.9 Å². The average molecular weight is 556 g/mol. The first kappa shape index (κ1) is 24.5. The maximum atomic E-state index is 13.3. The Balaban J connectivity index is 0.00000259. The van der Waals surface area contributed by atoms with Gasteiger partial charge >= 0.3 is 0 Å². The van der Waals surface area contributed by atoms with E-state index in [0.29, 0.717) is 11.6 Å². The zero-order chi connectivity index (χ0) is 22.4. The number of hydrogen-bond donors (Lipinski definition) is 0. The van der Waals surface area contributed by atoms with Crippen LogP contribution >= 0.6 is 57.4 Å². The van der Waals surface area contributed by atoms with Crippen LogP contribution in [0.4, 0.5) is 5.69 Å². The average Bonchev–Trinajstić information content (AvgIpc) is 3.51. The second-order valence-corrected chi connectivity index (χ2v) is 11.8. The van der Waals surface area contributed by atoms with Crippen molar-refractivity contribution in [1.82, 2.24) is 9.55 Å². The summed E-state index contributed by atoms with van der Waals surface area (Å²) >= 11 is 12.7.